The Kier molecular flexibility index (Phi) is 6.73. The molecule has 0 unspecified atom stereocenters. The van der Waals surface area contributed by atoms with Crippen molar-refractivity contribution >= 4 is 11.4 Å². The second kappa shape index (κ2) is 7.87. The molecule has 1 N–H and O–H groups in total. The molecule has 0 radical (unpaired) electrons. The van der Waals surface area contributed by atoms with Crippen LogP contribution < -0.4 is 10.2 Å². The second-order valence-corrected chi connectivity index (χ2v) is 7.98. The van der Waals surface area contributed by atoms with Crippen molar-refractivity contribution in [3.05, 3.63) is 23.8 Å². The summed E-state index contributed by atoms with van der Waals surface area (Å²) in [5, 5.41) is 3.64. The molecule has 0 aliphatic heterocycles. The van der Waals surface area contributed by atoms with E-state index in [0.717, 1.165) is 19.6 Å². The van der Waals surface area contributed by atoms with E-state index in [1.54, 1.807) is 0 Å². The minimum absolute atomic E-state index is 0.153. The lowest BCUT2D eigenvalue weighted by atomic mass is 9.85. The van der Waals surface area contributed by atoms with Crippen LogP contribution in [0.3, 0.4) is 0 Å². The van der Waals surface area contributed by atoms with Gasteiger partial charge in [-0.05, 0) is 43.1 Å². The molecule has 0 amide bonds. The molecule has 0 aromatic heterocycles. The van der Waals surface area contributed by atoms with Gasteiger partial charge in [0.05, 0.1) is 0 Å². The molecule has 0 aliphatic carbocycles. The average Bonchev–Trinajstić information content (AvgIpc) is 2.41. The highest BCUT2D eigenvalue weighted by molar-refractivity contribution is 5.64. The van der Waals surface area contributed by atoms with Crippen LogP contribution in [0.1, 0.15) is 40.2 Å². The van der Waals surface area contributed by atoms with Crippen LogP contribution in [0.4, 0.5) is 11.4 Å². The molecule has 22 heavy (non-hydrogen) atoms. The summed E-state index contributed by atoms with van der Waals surface area (Å²) in [6.07, 6.45) is 0. The van der Waals surface area contributed by atoms with Gasteiger partial charge in [-0.15, -0.1) is 0 Å². The maximum absolute atomic E-state index is 3.64. The van der Waals surface area contributed by atoms with Crippen LogP contribution >= 0.6 is 0 Å². The molecule has 3 heteroatoms. The van der Waals surface area contributed by atoms with Crippen molar-refractivity contribution in [2.75, 3.05) is 51.0 Å². The molecule has 0 spiro atoms. The summed E-state index contributed by atoms with van der Waals surface area (Å²) in [6.45, 7) is 14.4. The summed E-state index contributed by atoms with van der Waals surface area (Å²) in [5.74, 6) is 0.642. The van der Waals surface area contributed by atoms with Gasteiger partial charge >= 0.3 is 0 Å². The number of benzene rings is 1. The smallest absolute Gasteiger partial charge is 0.0399 e. The molecule has 0 saturated carbocycles. The van der Waals surface area contributed by atoms with Gasteiger partial charge in [0.25, 0.3) is 0 Å². The number of nitrogens with one attached hydrogen (secondary N) is 1. The van der Waals surface area contributed by atoms with Crippen LogP contribution in [0.15, 0.2) is 18.2 Å². The van der Waals surface area contributed by atoms with Crippen molar-refractivity contribution < 1.29 is 0 Å². The third kappa shape index (κ3) is 5.88. The molecule has 3 nitrogen and oxygen atoms in total. The molecular weight excluding hydrogens is 270 g/mol. The fourth-order valence-corrected chi connectivity index (χ4v) is 2.36. The van der Waals surface area contributed by atoms with Gasteiger partial charge in [0.1, 0.15) is 0 Å². The molecule has 1 aromatic rings. The highest BCUT2D eigenvalue weighted by Crippen LogP contribution is 2.32. The van der Waals surface area contributed by atoms with E-state index in [1.807, 2.05) is 0 Å². The number of rotatable bonds is 7. The molecule has 0 saturated heterocycles. The zero-order valence-electron chi connectivity index (χ0n) is 15.8. The van der Waals surface area contributed by atoms with Crippen molar-refractivity contribution in [1.29, 1.82) is 0 Å². The predicted octanol–water partition coefficient (Wildman–Crippen LogP) is 4.05. The normalized spacial score (nSPS) is 12.1. The second-order valence-electron chi connectivity index (χ2n) is 7.98. The Morgan fingerprint density at radius 3 is 2.18 bits per heavy atom. The Bertz CT molecular complexity index is 458. The summed E-state index contributed by atoms with van der Waals surface area (Å²) in [4.78, 5) is 4.55. The molecule has 0 bridgehead atoms. The topological polar surface area (TPSA) is 18.5 Å². The molecule has 0 fully saturated rings. The monoisotopic (exact) mass is 305 g/mol. The van der Waals surface area contributed by atoms with E-state index < -0.39 is 0 Å². The van der Waals surface area contributed by atoms with Crippen molar-refractivity contribution in [3.63, 3.8) is 0 Å². The molecule has 0 atom stereocenters. The molecule has 0 heterocycles. The van der Waals surface area contributed by atoms with Gasteiger partial charge in [-0.1, -0.05) is 40.7 Å². The van der Waals surface area contributed by atoms with E-state index >= 15 is 0 Å². The van der Waals surface area contributed by atoms with E-state index in [1.165, 1.54) is 16.9 Å². The van der Waals surface area contributed by atoms with Crippen molar-refractivity contribution in [1.82, 2.24) is 4.90 Å². The van der Waals surface area contributed by atoms with E-state index in [0.29, 0.717) is 5.92 Å². The third-order valence-corrected chi connectivity index (χ3v) is 3.84. The Morgan fingerprint density at radius 1 is 1.05 bits per heavy atom. The Labute approximate surface area is 137 Å². The summed E-state index contributed by atoms with van der Waals surface area (Å²) in [5.41, 5.74) is 4.09. The number of nitrogens with zero attached hydrogens (tertiary/aromatic N) is 2. The summed E-state index contributed by atoms with van der Waals surface area (Å²) in [6, 6.07) is 6.83. The number of hydrogen-bond donors (Lipinski definition) is 1. The minimum Gasteiger partial charge on any atom is -0.384 e. The lowest BCUT2D eigenvalue weighted by Gasteiger charge is -2.27. The van der Waals surface area contributed by atoms with Crippen molar-refractivity contribution in [2.45, 2.75) is 40.0 Å². The van der Waals surface area contributed by atoms with Crippen LogP contribution in [0.5, 0.6) is 0 Å². The fourth-order valence-electron chi connectivity index (χ4n) is 2.36. The first-order valence-electron chi connectivity index (χ1n) is 8.35. The van der Waals surface area contributed by atoms with Crippen molar-refractivity contribution in [2.24, 2.45) is 5.92 Å². The average molecular weight is 306 g/mol. The molecule has 1 rings (SSSR count). The van der Waals surface area contributed by atoms with Crippen LogP contribution in [0, 0.1) is 5.92 Å². The standard InChI is InChI=1S/C19H35N3/c1-15(2)14-20-18-13-16(22(8)12-11-21(6)7)9-10-17(18)19(3,4)5/h9-10,13,15,20H,11-12,14H2,1-8H3. The van der Waals surface area contributed by atoms with Crippen LogP contribution in [0.25, 0.3) is 0 Å². The maximum Gasteiger partial charge on any atom is 0.0399 e. The van der Waals surface area contributed by atoms with Crippen LogP contribution in [-0.2, 0) is 5.41 Å². The number of anilines is 2. The van der Waals surface area contributed by atoms with Gasteiger partial charge in [0.2, 0.25) is 0 Å². The van der Waals surface area contributed by atoms with Crippen LogP contribution in [-0.4, -0.2) is 45.7 Å². The number of likely N-dealkylation sites (N-methyl/N-ethyl adjacent to an activating group) is 2. The largest absolute Gasteiger partial charge is 0.384 e. The van der Waals surface area contributed by atoms with Gasteiger partial charge in [0.15, 0.2) is 0 Å². The molecular formula is C19H35N3. The Balaban J connectivity index is 3.00. The SMILES string of the molecule is CC(C)CNc1cc(N(C)CCN(C)C)ccc1C(C)(C)C. The predicted molar refractivity (Wildman–Crippen MR) is 100 cm³/mol. The minimum atomic E-state index is 0.153. The zero-order chi connectivity index (χ0) is 16.9. The Hall–Kier alpha value is -1.22. The van der Waals surface area contributed by atoms with Gasteiger partial charge in [0, 0.05) is 38.1 Å². The highest BCUT2D eigenvalue weighted by atomic mass is 15.2. The third-order valence-electron chi connectivity index (χ3n) is 3.84. The Morgan fingerprint density at radius 2 is 1.68 bits per heavy atom. The molecule has 126 valence electrons. The fraction of sp³-hybridized carbons (Fsp3) is 0.684. The first-order valence-corrected chi connectivity index (χ1v) is 8.35. The van der Waals surface area contributed by atoms with Crippen LogP contribution in [0.2, 0.25) is 0 Å². The molecule has 1 aromatic carbocycles. The lowest BCUT2D eigenvalue weighted by Crippen LogP contribution is -2.28. The summed E-state index contributed by atoms with van der Waals surface area (Å²) >= 11 is 0. The van der Waals surface area contributed by atoms with E-state index in [-0.39, 0.29) is 5.41 Å². The lowest BCUT2D eigenvalue weighted by molar-refractivity contribution is 0.416. The quantitative estimate of drug-likeness (QED) is 0.820. The highest BCUT2D eigenvalue weighted by Gasteiger charge is 2.19. The number of hydrogen-bond acceptors (Lipinski definition) is 3. The van der Waals surface area contributed by atoms with Crippen molar-refractivity contribution in [3.8, 4) is 0 Å². The van der Waals surface area contributed by atoms with Gasteiger partial charge < -0.3 is 15.1 Å². The van der Waals surface area contributed by atoms with Gasteiger partial charge in [-0.25, -0.2) is 0 Å². The maximum atomic E-state index is 3.64. The van der Waals surface area contributed by atoms with Gasteiger partial charge in [-0.2, -0.15) is 0 Å². The van der Waals surface area contributed by atoms with E-state index in [9.17, 15) is 0 Å². The summed E-state index contributed by atoms with van der Waals surface area (Å²) < 4.78 is 0. The van der Waals surface area contributed by atoms with E-state index in [4.69, 9.17) is 0 Å². The molecule has 0 aliphatic rings. The van der Waals surface area contributed by atoms with E-state index in [2.05, 4.69) is 89.1 Å². The zero-order valence-corrected chi connectivity index (χ0v) is 15.8. The van der Waals surface area contributed by atoms with Gasteiger partial charge in [-0.3, -0.25) is 0 Å². The first kappa shape index (κ1) is 18.8. The first-order chi connectivity index (χ1) is 10.1. The summed E-state index contributed by atoms with van der Waals surface area (Å²) in [7, 11) is 6.40.